The van der Waals surface area contributed by atoms with Gasteiger partial charge in [0.25, 0.3) is 0 Å². The van der Waals surface area contributed by atoms with Crippen LogP contribution in [0.25, 0.3) is 27.6 Å². The summed E-state index contributed by atoms with van der Waals surface area (Å²) in [5, 5.41) is 11.4. The predicted octanol–water partition coefficient (Wildman–Crippen LogP) is 8.11. The quantitative estimate of drug-likeness (QED) is 0.126. The molecule has 0 N–H and O–H groups in total. The van der Waals surface area contributed by atoms with Crippen molar-refractivity contribution in [3.63, 3.8) is 0 Å². The van der Waals surface area contributed by atoms with Gasteiger partial charge in [0.15, 0.2) is 8.07 Å². The van der Waals surface area contributed by atoms with Gasteiger partial charge in [-0.1, -0.05) is 129 Å². The summed E-state index contributed by atoms with van der Waals surface area (Å²) in [6, 6.07) is 59.7. The molecule has 9 rings (SSSR count). The Kier molecular flexibility index (Phi) is 7.57. The largest absolute Gasteiger partial charge is 0.294 e. The van der Waals surface area contributed by atoms with Crippen LogP contribution in [-0.4, -0.2) is 24.7 Å². The van der Waals surface area contributed by atoms with Crippen LogP contribution in [0.4, 0.5) is 17.1 Å². The lowest BCUT2D eigenvalue weighted by Gasteiger charge is -2.35. The highest BCUT2D eigenvalue weighted by Crippen LogP contribution is 2.40. The first kappa shape index (κ1) is 31.1. The number of hydrogen-bond acceptors (Lipinski definition) is 4. The highest BCUT2D eigenvalue weighted by Gasteiger charge is 2.42. The Bertz CT molecular complexity index is 2490. The standard InChI is InChI=1S/C45H38N4OSi/c1-32(2)33-27-28-46-45(29-33)48-41-22-11-10-21-39(41)40-26-25-38(31-44(40)48)51(35-16-6-4-7-17-35,36-18-8-5-9-19-36)37-20-14-15-34(30-37)49-43-24-13-12-23-42(43)47(3)50-49/h4-32H,1-3H3. The molecule has 0 saturated heterocycles. The predicted molar refractivity (Wildman–Crippen MR) is 214 cm³/mol. The van der Waals surface area contributed by atoms with Gasteiger partial charge in [-0.3, -0.25) is 4.57 Å². The van der Waals surface area contributed by atoms with Crippen molar-refractivity contribution < 1.29 is 4.94 Å². The Morgan fingerprint density at radius 2 is 1.18 bits per heavy atom. The number of pyridine rings is 1. The molecule has 0 saturated carbocycles. The van der Waals surface area contributed by atoms with Crippen molar-refractivity contribution in [1.82, 2.24) is 9.55 Å². The fourth-order valence-corrected chi connectivity index (χ4v) is 12.7. The minimum Gasteiger partial charge on any atom is -0.294 e. The maximum absolute atomic E-state index is 6.36. The summed E-state index contributed by atoms with van der Waals surface area (Å²) in [6.07, 6.45) is 1.95. The van der Waals surface area contributed by atoms with E-state index in [0.29, 0.717) is 5.92 Å². The SMILES string of the molecule is CC(C)c1ccnc(-n2c3ccccc3c3ccc([Si](c4ccccc4)(c4ccccc4)c4cccc(N5ON(C)c6ccccc65)c4)cc32)c1. The Hall–Kier alpha value is -5.95. The normalized spacial score (nSPS) is 13.0. The minimum atomic E-state index is -2.94. The van der Waals surface area contributed by atoms with Crippen LogP contribution >= 0.6 is 0 Å². The van der Waals surface area contributed by atoms with Crippen LogP contribution in [0.5, 0.6) is 0 Å². The molecule has 6 aromatic carbocycles. The molecule has 51 heavy (non-hydrogen) atoms. The van der Waals surface area contributed by atoms with Crippen LogP contribution in [0.15, 0.2) is 170 Å². The highest BCUT2D eigenvalue weighted by atomic mass is 28.3. The summed E-state index contributed by atoms with van der Waals surface area (Å²) in [5.41, 5.74) is 6.61. The van der Waals surface area contributed by atoms with E-state index in [0.717, 1.165) is 33.9 Å². The molecular weight excluding hydrogens is 641 g/mol. The molecule has 8 aromatic rings. The van der Waals surface area contributed by atoms with Gasteiger partial charge in [0, 0.05) is 24.0 Å². The highest BCUT2D eigenvalue weighted by molar-refractivity contribution is 7.20. The fourth-order valence-electron chi connectivity index (χ4n) is 7.91. The Morgan fingerprint density at radius 3 is 1.92 bits per heavy atom. The van der Waals surface area contributed by atoms with Crippen molar-refractivity contribution >= 4 is 67.7 Å². The van der Waals surface area contributed by atoms with Crippen LogP contribution in [0.1, 0.15) is 25.3 Å². The van der Waals surface area contributed by atoms with E-state index in [-0.39, 0.29) is 0 Å². The second kappa shape index (κ2) is 12.4. The van der Waals surface area contributed by atoms with E-state index in [1.807, 2.05) is 29.4 Å². The van der Waals surface area contributed by atoms with Crippen LogP contribution in [0, 0.1) is 0 Å². The summed E-state index contributed by atoms with van der Waals surface area (Å²) in [4.78, 5) is 11.3. The Balaban J connectivity index is 1.35. The third-order valence-corrected chi connectivity index (χ3v) is 15.1. The maximum Gasteiger partial charge on any atom is 0.179 e. The number of hydroxylamine groups is 1. The summed E-state index contributed by atoms with van der Waals surface area (Å²) >= 11 is 0. The molecule has 0 fully saturated rings. The van der Waals surface area contributed by atoms with Crippen molar-refractivity contribution in [3.05, 3.63) is 176 Å². The van der Waals surface area contributed by atoms with Crippen LogP contribution in [0.3, 0.4) is 0 Å². The number of para-hydroxylation sites is 3. The van der Waals surface area contributed by atoms with Gasteiger partial charge in [-0.05, 0) is 80.8 Å². The van der Waals surface area contributed by atoms with Crippen LogP contribution in [0.2, 0.25) is 0 Å². The second-order valence-corrected chi connectivity index (χ2v) is 17.4. The van der Waals surface area contributed by atoms with Crippen LogP contribution in [-0.2, 0) is 4.94 Å². The van der Waals surface area contributed by atoms with Crippen molar-refractivity contribution in [2.45, 2.75) is 19.8 Å². The molecule has 0 atom stereocenters. The van der Waals surface area contributed by atoms with Gasteiger partial charge in [0.05, 0.1) is 28.1 Å². The van der Waals surface area contributed by atoms with Crippen molar-refractivity contribution in [2.24, 2.45) is 0 Å². The number of rotatable bonds is 7. The van der Waals surface area contributed by atoms with Gasteiger partial charge in [0.1, 0.15) is 5.82 Å². The zero-order valence-electron chi connectivity index (χ0n) is 28.9. The molecule has 0 radical (unpaired) electrons. The van der Waals surface area contributed by atoms with E-state index >= 15 is 0 Å². The smallest absolute Gasteiger partial charge is 0.179 e. The maximum atomic E-state index is 6.36. The van der Waals surface area contributed by atoms with E-state index in [9.17, 15) is 0 Å². The first-order chi connectivity index (χ1) is 25.0. The summed E-state index contributed by atoms with van der Waals surface area (Å²) in [7, 11) is -0.985. The molecule has 0 aliphatic carbocycles. The van der Waals surface area contributed by atoms with Gasteiger partial charge >= 0.3 is 0 Å². The topological polar surface area (TPSA) is 33.5 Å². The van der Waals surface area contributed by atoms with Crippen LogP contribution < -0.4 is 30.9 Å². The molecule has 0 spiro atoms. The number of fused-ring (bicyclic) bond motifs is 4. The van der Waals surface area contributed by atoms with Crippen molar-refractivity contribution in [3.8, 4) is 5.82 Å². The van der Waals surface area contributed by atoms with E-state index in [2.05, 4.69) is 176 Å². The number of hydrogen-bond donors (Lipinski definition) is 0. The molecule has 1 aliphatic heterocycles. The number of nitrogens with zero attached hydrogens (tertiary/aromatic N) is 4. The fraction of sp³-hybridized carbons (Fsp3) is 0.0889. The van der Waals surface area contributed by atoms with Crippen molar-refractivity contribution in [1.29, 1.82) is 0 Å². The molecule has 0 bridgehead atoms. The first-order valence-corrected chi connectivity index (χ1v) is 19.6. The van der Waals surface area contributed by atoms with E-state index in [1.54, 1.807) is 0 Å². The minimum absolute atomic E-state index is 0.394. The van der Waals surface area contributed by atoms with Gasteiger partial charge in [-0.15, -0.1) is 4.94 Å². The molecule has 2 aromatic heterocycles. The number of aromatic nitrogens is 2. The molecule has 1 aliphatic rings. The lowest BCUT2D eigenvalue weighted by Crippen LogP contribution is -2.74. The monoisotopic (exact) mass is 678 g/mol. The number of anilines is 3. The molecule has 6 heteroatoms. The number of benzene rings is 6. The Labute approximate surface area is 299 Å². The Morgan fingerprint density at radius 1 is 0.549 bits per heavy atom. The van der Waals surface area contributed by atoms with Gasteiger partial charge in [-0.2, -0.15) is 5.06 Å². The van der Waals surface area contributed by atoms with E-state index < -0.39 is 8.07 Å². The van der Waals surface area contributed by atoms with Gasteiger partial charge in [0.2, 0.25) is 0 Å². The van der Waals surface area contributed by atoms with Gasteiger partial charge < -0.3 is 0 Å². The van der Waals surface area contributed by atoms with Crippen molar-refractivity contribution in [2.75, 3.05) is 17.2 Å². The average Bonchev–Trinajstić information content (AvgIpc) is 3.70. The molecule has 248 valence electrons. The third-order valence-electron chi connectivity index (χ3n) is 10.3. The first-order valence-electron chi connectivity index (χ1n) is 17.6. The molecular formula is C45H38N4OSi. The zero-order valence-corrected chi connectivity index (χ0v) is 29.9. The van der Waals surface area contributed by atoms with E-state index in [1.165, 1.54) is 37.1 Å². The summed E-state index contributed by atoms with van der Waals surface area (Å²) in [6.45, 7) is 4.47. The molecule has 5 nitrogen and oxygen atoms in total. The summed E-state index contributed by atoms with van der Waals surface area (Å²) < 4.78 is 2.36. The lowest BCUT2D eigenvalue weighted by molar-refractivity contribution is 0.142. The molecule has 0 unspecified atom stereocenters. The van der Waals surface area contributed by atoms with E-state index in [4.69, 9.17) is 9.92 Å². The average molecular weight is 679 g/mol. The van der Waals surface area contributed by atoms with Gasteiger partial charge in [-0.25, -0.2) is 10.0 Å². The summed E-state index contributed by atoms with van der Waals surface area (Å²) in [5.74, 6) is 1.33. The lowest BCUT2D eigenvalue weighted by atomic mass is 10.1. The zero-order chi connectivity index (χ0) is 34.5. The second-order valence-electron chi connectivity index (χ2n) is 13.6. The molecule has 0 amide bonds. The molecule has 3 heterocycles. The third kappa shape index (κ3) is 4.98.